The van der Waals surface area contributed by atoms with E-state index < -0.39 is 5.97 Å². The maximum atomic E-state index is 10.6. The second-order valence-electron chi connectivity index (χ2n) is 3.69. The molecule has 6 heteroatoms. The van der Waals surface area contributed by atoms with Gasteiger partial charge in [0.25, 0.3) is 0 Å². The van der Waals surface area contributed by atoms with Crippen LogP contribution < -0.4 is 5.32 Å². The summed E-state index contributed by atoms with van der Waals surface area (Å²) in [6.45, 7) is 3.09. The van der Waals surface area contributed by atoms with Crippen molar-refractivity contribution in [2.45, 2.75) is 20.0 Å². The van der Waals surface area contributed by atoms with Crippen molar-refractivity contribution in [3.8, 4) is 0 Å². The number of rotatable bonds is 5. The minimum absolute atomic E-state index is 0.0405. The van der Waals surface area contributed by atoms with E-state index in [4.69, 9.17) is 9.52 Å². The molecule has 17 heavy (non-hydrogen) atoms. The van der Waals surface area contributed by atoms with E-state index in [0.29, 0.717) is 18.8 Å². The predicted octanol–water partition coefficient (Wildman–Crippen LogP) is 1.30. The van der Waals surface area contributed by atoms with Gasteiger partial charge in [-0.3, -0.25) is 5.10 Å². The van der Waals surface area contributed by atoms with Gasteiger partial charge in [-0.15, -0.1) is 0 Å². The van der Waals surface area contributed by atoms with Crippen LogP contribution >= 0.6 is 0 Å². The molecule has 0 aliphatic rings. The summed E-state index contributed by atoms with van der Waals surface area (Å²) in [6, 6.07) is 3.10. The van der Waals surface area contributed by atoms with E-state index in [9.17, 15) is 4.79 Å². The SMILES string of the molecule is Cc1[nH]ncc1CNCc1ccc(C(=O)O)o1. The number of aromatic carboxylic acids is 1. The van der Waals surface area contributed by atoms with Crippen molar-refractivity contribution in [1.29, 1.82) is 0 Å². The monoisotopic (exact) mass is 235 g/mol. The van der Waals surface area contributed by atoms with E-state index in [1.54, 1.807) is 12.3 Å². The predicted molar refractivity (Wildman–Crippen MR) is 59.5 cm³/mol. The highest BCUT2D eigenvalue weighted by molar-refractivity contribution is 5.84. The van der Waals surface area contributed by atoms with E-state index in [-0.39, 0.29) is 5.76 Å². The number of carboxylic acids is 1. The number of H-pyrrole nitrogens is 1. The standard InChI is InChI=1S/C11H13N3O3/c1-7-8(5-13-14-7)4-12-6-9-2-3-10(17-9)11(15)16/h2-3,5,12H,4,6H2,1H3,(H,13,14)(H,15,16). The van der Waals surface area contributed by atoms with Crippen LogP contribution in [0.4, 0.5) is 0 Å². The normalized spacial score (nSPS) is 10.6. The summed E-state index contributed by atoms with van der Waals surface area (Å²) in [5, 5.41) is 18.6. The van der Waals surface area contributed by atoms with Gasteiger partial charge < -0.3 is 14.8 Å². The third-order valence-electron chi connectivity index (χ3n) is 2.42. The number of aromatic nitrogens is 2. The molecule has 0 radical (unpaired) electrons. The molecule has 6 nitrogen and oxygen atoms in total. The summed E-state index contributed by atoms with van der Waals surface area (Å²) in [6.07, 6.45) is 1.76. The molecule has 0 bridgehead atoms. The highest BCUT2D eigenvalue weighted by atomic mass is 16.4. The molecular weight excluding hydrogens is 222 g/mol. The van der Waals surface area contributed by atoms with Gasteiger partial charge in [0.1, 0.15) is 5.76 Å². The smallest absolute Gasteiger partial charge is 0.371 e. The Balaban J connectivity index is 1.86. The fourth-order valence-electron chi connectivity index (χ4n) is 1.46. The number of nitrogens with one attached hydrogen (secondary N) is 2. The zero-order chi connectivity index (χ0) is 12.3. The molecule has 90 valence electrons. The zero-order valence-corrected chi connectivity index (χ0v) is 9.36. The Morgan fingerprint density at radius 2 is 2.35 bits per heavy atom. The summed E-state index contributed by atoms with van der Waals surface area (Å²) < 4.78 is 5.11. The topological polar surface area (TPSA) is 91.2 Å². The molecule has 0 fully saturated rings. The first-order valence-corrected chi connectivity index (χ1v) is 5.18. The number of nitrogens with zero attached hydrogens (tertiary/aromatic N) is 1. The molecule has 2 aromatic heterocycles. The van der Waals surface area contributed by atoms with Crippen molar-refractivity contribution in [3.63, 3.8) is 0 Å². The summed E-state index contributed by atoms with van der Waals surface area (Å²) in [4.78, 5) is 10.6. The fourth-order valence-corrected chi connectivity index (χ4v) is 1.46. The van der Waals surface area contributed by atoms with E-state index >= 15 is 0 Å². The molecular formula is C11H13N3O3. The molecule has 2 aromatic rings. The molecule has 0 aliphatic carbocycles. The lowest BCUT2D eigenvalue weighted by atomic mass is 10.2. The third-order valence-corrected chi connectivity index (χ3v) is 2.42. The lowest BCUT2D eigenvalue weighted by Crippen LogP contribution is -2.12. The van der Waals surface area contributed by atoms with Crippen molar-refractivity contribution in [1.82, 2.24) is 15.5 Å². The first kappa shape index (κ1) is 11.4. The molecule has 0 spiro atoms. The first-order valence-electron chi connectivity index (χ1n) is 5.18. The average Bonchev–Trinajstić information content (AvgIpc) is 2.89. The van der Waals surface area contributed by atoms with Crippen LogP contribution in [-0.4, -0.2) is 21.3 Å². The van der Waals surface area contributed by atoms with Gasteiger partial charge in [-0.05, 0) is 19.1 Å². The molecule has 0 aliphatic heterocycles. The first-order chi connectivity index (χ1) is 8.16. The molecule has 3 N–H and O–H groups in total. The van der Waals surface area contributed by atoms with Crippen LogP contribution in [-0.2, 0) is 13.1 Å². The Hall–Kier alpha value is -2.08. The van der Waals surface area contributed by atoms with Gasteiger partial charge in [-0.2, -0.15) is 5.10 Å². The summed E-state index contributed by atoms with van der Waals surface area (Å²) >= 11 is 0. The van der Waals surface area contributed by atoms with Crippen LogP contribution in [0.5, 0.6) is 0 Å². The second kappa shape index (κ2) is 4.84. The molecule has 2 rings (SSSR count). The zero-order valence-electron chi connectivity index (χ0n) is 9.36. The number of carboxylic acid groups (broad SMARTS) is 1. The average molecular weight is 235 g/mol. The third kappa shape index (κ3) is 2.73. The Morgan fingerprint density at radius 1 is 1.53 bits per heavy atom. The number of hydrogen-bond donors (Lipinski definition) is 3. The van der Waals surface area contributed by atoms with Crippen LogP contribution in [0.3, 0.4) is 0 Å². The number of furan rings is 1. The van der Waals surface area contributed by atoms with Crippen molar-refractivity contribution >= 4 is 5.97 Å². The number of hydrogen-bond acceptors (Lipinski definition) is 4. The molecule has 0 saturated carbocycles. The minimum atomic E-state index is -1.05. The van der Waals surface area contributed by atoms with Gasteiger partial charge in [0.15, 0.2) is 0 Å². The van der Waals surface area contributed by atoms with Crippen molar-refractivity contribution in [2.75, 3.05) is 0 Å². The molecule has 0 saturated heterocycles. The van der Waals surface area contributed by atoms with E-state index in [2.05, 4.69) is 15.5 Å². The molecule has 0 atom stereocenters. The van der Waals surface area contributed by atoms with E-state index in [0.717, 1.165) is 11.3 Å². The molecule has 0 unspecified atom stereocenters. The summed E-state index contributed by atoms with van der Waals surface area (Å²) in [5.41, 5.74) is 2.10. The van der Waals surface area contributed by atoms with Gasteiger partial charge in [0.2, 0.25) is 5.76 Å². The maximum Gasteiger partial charge on any atom is 0.371 e. The maximum absolute atomic E-state index is 10.6. The van der Waals surface area contributed by atoms with Crippen LogP contribution in [0.1, 0.15) is 27.6 Å². The Labute approximate surface area is 97.6 Å². The molecule has 2 heterocycles. The van der Waals surface area contributed by atoms with Crippen LogP contribution in [0.2, 0.25) is 0 Å². The van der Waals surface area contributed by atoms with Crippen molar-refractivity contribution < 1.29 is 14.3 Å². The van der Waals surface area contributed by atoms with E-state index in [1.165, 1.54) is 6.07 Å². The number of aryl methyl sites for hydroxylation is 1. The second-order valence-corrected chi connectivity index (χ2v) is 3.69. The highest BCUT2D eigenvalue weighted by Gasteiger charge is 2.08. The number of aromatic amines is 1. The van der Waals surface area contributed by atoms with E-state index in [1.807, 2.05) is 6.92 Å². The molecule has 0 amide bonds. The largest absolute Gasteiger partial charge is 0.475 e. The van der Waals surface area contributed by atoms with Crippen molar-refractivity contribution in [2.24, 2.45) is 0 Å². The quantitative estimate of drug-likeness (QED) is 0.726. The fraction of sp³-hybridized carbons (Fsp3) is 0.273. The van der Waals surface area contributed by atoms with Crippen LogP contribution in [0.25, 0.3) is 0 Å². The Kier molecular flexibility index (Phi) is 3.24. The minimum Gasteiger partial charge on any atom is -0.475 e. The van der Waals surface area contributed by atoms with Crippen molar-refractivity contribution in [3.05, 3.63) is 41.1 Å². The summed E-state index contributed by atoms with van der Waals surface area (Å²) in [7, 11) is 0. The van der Waals surface area contributed by atoms with Gasteiger partial charge in [-0.1, -0.05) is 0 Å². The highest BCUT2D eigenvalue weighted by Crippen LogP contribution is 2.08. The lowest BCUT2D eigenvalue weighted by Gasteiger charge is -2.01. The van der Waals surface area contributed by atoms with Gasteiger partial charge in [0.05, 0.1) is 12.7 Å². The van der Waals surface area contributed by atoms with Gasteiger partial charge in [-0.25, -0.2) is 4.79 Å². The van der Waals surface area contributed by atoms with Gasteiger partial charge >= 0.3 is 5.97 Å². The van der Waals surface area contributed by atoms with Crippen LogP contribution in [0.15, 0.2) is 22.7 Å². The Bertz CT molecular complexity index is 516. The molecule has 0 aromatic carbocycles. The van der Waals surface area contributed by atoms with Gasteiger partial charge in [0, 0.05) is 17.8 Å². The Morgan fingerprint density at radius 3 is 2.94 bits per heavy atom. The lowest BCUT2D eigenvalue weighted by molar-refractivity contribution is 0.0660. The van der Waals surface area contributed by atoms with Crippen LogP contribution in [0, 0.1) is 6.92 Å². The number of carbonyl (C=O) groups is 1. The summed E-state index contributed by atoms with van der Waals surface area (Å²) in [5.74, 6) is -0.494.